The van der Waals surface area contributed by atoms with Gasteiger partial charge in [0.15, 0.2) is 11.6 Å². The van der Waals surface area contributed by atoms with Crippen molar-refractivity contribution < 1.29 is 27.1 Å². The largest absolute Gasteiger partial charge is 0.478 e. The highest BCUT2D eigenvalue weighted by Gasteiger charge is 2.17. The standard InChI is InChI=1S/C12H8F2N2O4S/c13-10-2-1-9(4-11(10)14)21(19,20)16-8-3-7(12(17)18)5-15-6-8/h1-6,16H,(H,17,18). The fourth-order valence-corrected chi connectivity index (χ4v) is 2.52. The van der Waals surface area contributed by atoms with Gasteiger partial charge in [-0.15, -0.1) is 0 Å². The minimum Gasteiger partial charge on any atom is -0.478 e. The molecule has 110 valence electrons. The van der Waals surface area contributed by atoms with Gasteiger partial charge in [0.25, 0.3) is 10.0 Å². The molecule has 21 heavy (non-hydrogen) atoms. The molecule has 9 heteroatoms. The minimum absolute atomic E-state index is 0.111. The molecular weight excluding hydrogens is 306 g/mol. The van der Waals surface area contributed by atoms with Crippen molar-refractivity contribution in [2.45, 2.75) is 4.90 Å². The lowest BCUT2D eigenvalue weighted by Gasteiger charge is -2.08. The summed E-state index contributed by atoms with van der Waals surface area (Å²) in [7, 11) is -4.18. The SMILES string of the molecule is O=C(O)c1cncc(NS(=O)(=O)c2ccc(F)c(F)c2)c1. The number of aromatic nitrogens is 1. The number of halogens is 2. The van der Waals surface area contributed by atoms with Crippen LogP contribution in [0.25, 0.3) is 0 Å². The zero-order valence-electron chi connectivity index (χ0n) is 10.2. The highest BCUT2D eigenvalue weighted by Crippen LogP contribution is 2.18. The summed E-state index contributed by atoms with van der Waals surface area (Å²) >= 11 is 0. The van der Waals surface area contributed by atoms with Crippen molar-refractivity contribution >= 4 is 21.7 Å². The van der Waals surface area contributed by atoms with Crippen molar-refractivity contribution in [3.63, 3.8) is 0 Å². The average molecular weight is 314 g/mol. The van der Waals surface area contributed by atoms with Crippen molar-refractivity contribution in [3.8, 4) is 0 Å². The molecule has 2 rings (SSSR count). The maximum absolute atomic E-state index is 13.1. The lowest BCUT2D eigenvalue weighted by Crippen LogP contribution is -2.14. The topological polar surface area (TPSA) is 96.4 Å². The van der Waals surface area contributed by atoms with Gasteiger partial charge >= 0.3 is 5.97 Å². The lowest BCUT2D eigenvalue weighted by atomic mass is 10.3. The first-order valence-electron chi connectivity index (χ1n) is 5.46. The number of benzene rings is 1. The molecule has 0 amide bonds. The normalized spacial score (nSPS) is 11.1. The van der Waals surface area contributed by atoms with Crippen LogP contribution in [0.5, 0.6) is 0 Å². The molecule has 2 aromatic rings. The molecule has 1 aromatic heterocycles. The third-order valence-electron chi connectivity index (χ3n) is 2.44. The van der Waals surface area contributed by atoms with E-state index in [0.717, 1.165) is 24.5 Å². The van der Waals surface area contributed by atoms with Crippen LogP contribution in [0.15, 0.2) is 41.6 Å². The molecule has 0 saturated carbocycles. The Kier molecular flexibility index (Phi) is 3.85. The van der Waals surface area contributed by atoms with Gasteiger partial charge in [-0.25, -0.2) is 22.0 Å². The first kappa shape index (κ1) is 14.9. The zero-order chi connectivity index (χ0) is 15.6. The van der Waals surface area contributed by atoms with E-state index in [4.69, 9.17) is 5.11 Å². The van der Waals surface area contributed by atoms with Crippen LogP contribution in [0.2, 0.25) is 0 Å². The Morgan fingerprint density at radius 2 is 1.86 bits per heavy atom. The van der Waals surface area contributed by atoms with E-state index in [1.165, 1.54) is 0 Å². The van der Waals surface area contributed by atoms with Crippen molar-refractivity contribution in [2.24, 2.45) is 0 Å². The van der Waals surface area contributed by atoms with Crippen LogP contribution in [-0.2, 0) is 10.0 Å². The summed E-state index contributed by atoms with van der Waals surface area (Å²) < 4.78 is 51.8. The highest BCUT2D eigenvalue weighted by atomic mass is 32.2. The van der Waals surface area contributed by atoms with Gasteiger partial charge in [-0.2, -0.15) is 0 Å². The number of nitrogens with one attached hydrogen (secondary N) is 1. The molecule has 6 nitrogen and oxygen atoms in total. The number of carbonyl (C=O) groups is 1. The molecule has 1 heterocycles. The summed E-state index contributed by atoms with van der Waals surface area (Å²) in [4.78, 5) is 13.8. The Labute approximate surface area is 118 Å². The van der Waals surface area contributed by atoms with E-state index >= 15 is 0 Å². The number of pyridine rings is 1. The number of rotatable bonds is 4. The minimum atomic E-state index is -4.18. The van der Waals surface area contributed by atoms with E-state index in [1.54, 1.807) is 0 Å². The molecule has 0 aliphatic heterocycles. The summed E-state index contributed by atoms with van der Waals surface area (Å²) in [6, 6.07) is 3.13. The van der Waals surface area contributed by atoms with Gasteiger partial charge in [0, 0.05) is 6.20 Å². The number of carboxylic acid groups (broad SMARTS) is 1. The second-order valence-corrected chi connectivity index (χ2v) is 5.63. The Bertz CT molecular complexity index is 809. The molecule has 1 aromatic carbocycles. The predicted molar refractivity (Wildman–Crippen MR) is 68.4 cm³/mol. The second kappa shape index (κ2) is 5.44. The summed E-state index contributed by atoms with van der Waals surface area (Å²) in [6.45, 7) is 0. The first-order chi connectivity index (χ1) is 9.79. The van der Waals surface area contributed by atoms with Crippen molar-refractivity contribution in [2.75, 3.05) is 4.72 Å². The number of hydrogen-bond donors (Lipinski definition) is 2. The Hall–Kier alpha value is -2.55. The molecule has 0 unspecified atom stereocenters. The number of anilines is 1. The number of nitrogens with zero attached hydrogens (tertiary/aromatic N) is 1. The molecule has 0 bridgehead atoms. The van der Waals surface area contributed by atoms with Crippen molar-refractivity contribution in [1.29, 1.82) is 0 Å². The van der Waals surface area contributed by atoms with Gasteiger partial charge in [-0.05, 0) is 24.3 Å². The van der Waals surface area contributed by atoms with Crippen LogP contribution in [0, 0.1) is 11.6 Å². The number of sulfonamides is 1. The van der Waals surface area contributed by atoms with E-state index in [0.29, 0.717) is 12.1 Å². The predicted octanol–water partition coefficient (Wildman–Crippen LogP) is 1.86. The Morgan fingerprint density at radius 1 is 1.14 bits per heavy atom. The molecule has 0 aliphatic carbocycles. The maximum Gasteiger partial charge on any atom is 0.337 e. The molecule has 0 spiro atoms. The number of aromatic carboxylic acids is 1. The lowest BCUT2D eigenvalue weighted by molar-refractivity contribution is 0.0696. The zero-order valence-corrected chi connectivity index (χ0v) is 11.1. The van der Waals surface area contributed by atoms with Crippen molar-refractivity contribution in [3.05, 3.63) is 53.9 Å². The van der Waals surface area contributed by atoms with Gasteiger partial charge < -0.3 is 5.11 Å². The van der Waals surface area contributed by atoms with Crippen LogP contribution < -0.4 is 4.72 Å². The van der Waals surface area contributed by atoms with E-state index in [2.05, 4.69) is 4.98 Å². The quantitative estimate of drug-likeness (QED) is 0.898. The summed E-state index contributed by atoms with van der Waals surface area (Å²) in [6.07, 6.45) is 2.13. The van der Waals surface area contributed by atoms with Gasteiger partial charge in [0.05, 0.1) is 22.3 Å². The van der Waals surface area contributed by atoms with Crippen molar-refractivity contribution in [1.82, 2.24) is 4.98 Å². The van der Waals surface area contributed by atoms with E-state index in [9.17, 15) is 22.0 Å². The maximum atomic E-state index is 13.1. The Morgan fingerprint density at radius 3 is 2.48 bits per heavy atom. The van der Waals surface area contributed by atoms with E-state index < -0.39 is 32.5 Å². The molecule has 0 atom stereocenters. The second-order valence-electron chi connectivity index (χ2n) is 3.95. The third kappa shape index (κ3) is 3.31. The third-order valence-corrected chi connectivity index (χ3v) is 3.82. The van der Waals surface area contributed by atoms with Crippen LogP contribution >= 0.6 is 0 Å². The Balaban J connectivity index is 2.35. The van der Waals surface area contributed by atoms with Crippen LogP contribution in [0.1, 0.15) is 10.4 Å². The molecule has 0 aliphatic rings. The van der Waals surface area contributed by atoms with Gasteiger partial charge in [-0.3, -0.25) is 9.71 Å². The highest BCUT2D eigenvalue weighted by molar-refractivity contribution is 7.92. The smallest absolute Gasteiger partial charge is 0.337 e. The molecule has 2 N–H and O–H groups in total. The van der Waals surface area contributed by atoms with E-state index in [1.807, 2.05) is 4.72 Å². The van der Waals surface area contributed by atoms with Crippen LogP contribution in [0.3, 0.4) is 0 Å². The van der Waals surface area contributed by atoms with Gasteiger partial charge in [0.2, 0.25) is 0 Å². The van der Waals surface area contributed by atoms with Gasteiger partial charge in [0.1, 0.15) is 0 Å². The molecular formula is C12H8F2N2O4S. The summed E-state index contributed by atoms with van der Waals surface area (Å²) in [5.74, 6) is -3.77. The average Bonchev–Trinajstić information content (AvgIpc) is 2.41. The monoisotopic (exact) mass is 314 g/mol. The number of carboxylic acids is 1. The van der Waals surface area contributed by atoms with Crippen LogP contribution in [-0.4, -0.2) is 24.5 Å². The fraction of sp³-hybridized carbons (Fsp3) is 0. The van der Waals surface area contributed by atoms with Crippen LogP contribution in [0.4, 0.5) is 14.5 Å². The summed E-state index contributed by atoms with van der Waals surface area (Å²) in [5.41, 5.74) is -0.333. The molecule has 0 saturated heterocycles. The van der Waals surface area contributed by atoms with Gasteiger partial charge in [-0.1, -0.05) is 0 Å². The first-order valence-corrected chi connectivity index (χ1v) is 6.94. The number of hydrogen-bond acceptors (Lipinski definition) is 4. The van der Waals surface area contributed by atoms with E-state index in [-0.39, 0.29) is 11.3 Å². The molecule has 0 radical (unpaired) electrons. The fourth-order valence-electron chi connectivity index (χ4n) is 1.47. The molecule has 0 fully saturated rings. The summed E-state index contributed by atoms with van der Waals surface area (Å²) in [5, 5.41) is 8.78.